The maximum atomic E-state index is 6.03. The summed E-state index contributed by atoms with van der Waals surface area (Å²) in [5, 5.41) is 0. The summed E-state index contributed by atoms with van der Waals surface area (Å²) < 4.78 is 0. The van der Waals surface area contributed by atoms with Gasteiger partial charge < -0.3 is 10.6 Å². The summed E-state index contributed by atoms with van der Waals surface area (Å²) in [7, 11) is 2.40. The summed E-state index contributed by atoms with van der Waals surface area (Å²) >= 11 is 0. The van der Waals surface area contributed by atoms with Crippen molar-refractivity contribution in [1.29, 1.82) is 0 Å². The number of nitrogens with zero attached hydrogens (tertiary/aromatic N) is 1. The summed E-state index contributed by atoms with van der Waals surface area (Å²) in [4.78, 5) is 2.75. The second-order valence-electron chi connectivity index (χ2n) is 7.95. The molecule has 0 radical (unpaired) electrons. The van der Waals surface area contributed by atoms with E-state index in [1.165, 1.54) is 77.0 Å². The van der Waals surface area contributed by atoms with Crippen molar-refractivity contribution in [3.63, 3.8) is 0 Å². The highest BCUT2D eigenvalue weighted by molar-refractivity contribution is 4.94. The van der Waals surface area contributed by atoms with Crippen LogP contribution in [0.25, 0.3) is 0 Å². The first kappa shape index (κ1) is 14.8. The van der Waals surface area contributed by atoms with E-state index < -0.39 is 0 Å². The van der Waals surface area contributed by atoms with Gasteiger partial charge in [-0.25, -0.2) is 0 Å². The van der Waals surface area contributed by atoms with Gasteiger partial charge in [-0.1, -0.05) is 25.7 Å². The van der Waals surface area contributed by atoms with Crippen LogP contribution in [-0.4, -0.2) is 30.6 Å². The fourth-order valence-corrected chi connectivity index (χ4v) is 5.52. The van der Waals surface area contributed by atoms with Crippen LogP contribution in [-0.2, 0) is 0 Å². The minimum Gasteiger partial charge on any atom is -0.330 e. The zero-order valence-corrected chi connectivity index (χ0v) is 13.4. The zero-order valence-electron chi connectivity index (χ0n) is 13.4. The van der Waals surface area contributed by atoms with E-state index in [-0.39, 0.29) is 0 Å². The van der Waals surface area contributed by atoms with E-state index in [0.29, 0.717) is 0 Å². The van der Waals surface area contributed by atoms with E-state index >= 15 is 0 Å². The normalized spacial score (nSPS) is 35.0. The van der Waals surface area contributed by atoms with Crippen molar-refractivity contribution in [2.45, 2.75) is 89.1 Å². The lowest BCUT2D eigenvalue weighted by Gasteiger charge is -2.46. The Hall–Kier alpha value is -0.0800. The highest BCUT2D eigenvalue weighted by Gasteiger charge is 2.40. The van der Waals surface area contributed by atoms with Gasteiger partial charge in [-0.2, -0.15) is 0 Å². The maximum absolute atomic E-state index is 6.03. The van der Waals surface area contributed by atoms with E-state index in [9.17, 15) is 0 Å². The summed E-state index contributed by atoms with van der Waals surface area (Å²) in [6, 6.07) is 1.62. The van der Waals surface area contributed by atoms with Crippen molar-refractivity contribution >= 4 is 0 Å². The molecule has 0 saturated heterocycles. The lowest BCUT2D eigenvalue weighted by Crippen LogP contribution is -2.49. The second kappa shape index (κ2) is 6.36. The number of rotatable bonds is 3. The molecule has 2 N–H and O–H groups in total. The molecule has 2 unspecified atom stereocenters. The molecule has 0 bridgehead atoms. The van der Waals surface area contributed by atoms with E-state index in [1.807, 2.05) is 0 Å². The molecule has 0 aromatic carbocycles. The first-order valence-corrected chi connectivity index (χ1v) is 9.16. The van der Waals surface area contributed by atoms with Crippen LogP contribution in [0.3, 0.4) is 0 Å². The Labute approximate surface area is 125 Å². The topological polar surface area (TPSA) is 29.3 Å². The largest absolute Gasteiger partial charge is 0.330 e. The van der Waals surface area contributed by atoms with E-state index in [1.54, 1.807) is 0 Å². The first-order valence-electron chi connectivity index (χ1n) is 9.16. The van der Waals surface area contributed by atoms with Crippen molar-refractivity contribution in [2.24, 2.45) is 17.1 Å². The Morgan fingerprint density at radius 1 is 0.900 bits per heavy atom. The smallest absolute Gasteiger partial charge is 0.0135 e. The van der Waals surface area contributed by atoms with E-state index in [2.05, 4.69) is 11.9 Å². The highest BCUT2D eigenvalue weighted by Crippen LogP contribution is 2.49. The van der Waals surface area contributed by atoms with Crippen molar-refractivity contribution < 1.29 is 0 Å². The molecule has 2 atom stereocenters. The van der Waals surface area contributed by atoms with Gasteiger partial charge in [0.1, 0.15) is 0 Å². The van der Waals surface area contributed by atoms with Crippen LogP contribution in [0, 0.1) is 11.3 Å². The summed E-state index contributed by atoms with van der Waals surface area (Å²) in [6.07, 6.45) is 17.5. The lowest BCUT2D eigenvalue weighted by molar-refractivity contribution is 0.0444. The van der Waals surface area contributed by atoms with Crippen LogP contribution in [0.4, 0.5) is 0 Å². The molecule has 2 nitrogen and oxygen atoms in total. The van der Waals surface area contributed by atoms with Crippen LogP contribution in [0.5, 0.6) is 0 Å². The molecule has 1 spiro atoms. The molecule has 3 rings (SSSR count). The molecule has 3 saturated carbocycles. The van der Waals surface area contributed by atoms with Gasteiger partial charge in [-0.3, -0.25) is 0 Å². The minimum absolute atomic E-state index is 0.760. The third kappa shape index (κ3) is 2.92. The van der Waals surface area contributed by atoms with Gasteiger partial charge in [-0.05, 0) is 76.3 Å². The number of hydrogen-bond acceptors (Lipinski definition) is 2. The second-order valence-corrected chi connectivity index (χ2v) is 7.95. The van der Waals surface area contributed by atoms with Gasteiger partial charge in [0.25, 0.3) is 0 Å². The highest BCUT2D eigenvalue weighted by atomic mass is 15.2. The van der Waals surface area contributed by atoms with E-state index in [0.717, 1.165) is 30.0 Å². The summed E-state index contributed by atoms with van der Waals surface area (Å²) in [5.41, 5.74) is 6.80. The lowest BCUT2D eigenvalue weighted by atomic mass is 9.70. The fourth-order valence-electron chi connectivity index (χ4n) is 5.52. The monoisotopic (exact) mass is 278 g/mol. The van der Waals surface area contributed by atoms with Gasteiger partial charge >= 0.3 is 0 Å². The van der Waals surface area contributed by atoms with Crippen LogP contribution >= 0.6 is 0 Å². The Bertz CT molecular complexity index is 299. The predicted molar refractivity (Wildman–Crippen MR) is 85.7 cm³/mol. The van der Waals surface area contributed by atoms with Gasteiger partial charge in [0.15, 0.2) is 0 Å². The van der Waals surface area contributed by atoms with Crippen molar-refractivity contribution in [1.82, 2.24) is 4.90 Å². The Morgan fingerprint density at radius 3 is 2.20 bits per heavy atom. The molecule has 20 heavy (non-hydrogen) atoms. The molecule has 116 valence electrons. The standard InChI is InChI=1S/C18H34N2/c1-20(17-7-3-2-6-15(17)14-19)16-8-12-18(13-9-16)10-4-5-11-18/h15-17H,2-14,19H2,1H3. The average molecular weight is 278 g/mol. The van der Waals surface area contributed by atoms with Crippen molar-refractivity contribution in [3.8, 4) is 0 Å². The third-order valence-corrected chi connectivity index (χ3v) is 6.95. The molecule has 0 heterocycles. The van der Waals surface area contributed by atoms with Gasteiger partial charge in [-0.15, -0.1) is 0 Å². The maximum Gasteiger partial charge on any atom is 0.0135 e. The Kier molecular flexibility index (Phi) is 4.72. The van der Waals surface area contributed by atoms with Crippen LogP contribution in [0.15, 0.2) is 0 Å². The third-order valence-electron chi connectivity index (χ3n) is 6.95. The van der Waals surface area contributed by atoms with Crippen LogP contribution < -0.4 is 5.73 Å². The zero-order chi connectivity index (χ0) is 14.0. The number of nitrogens with two attached hydrogens (primary N) is 1. The molecular formula is C18H34N2. The minimum atomic E-state index is 0.760. The van der Waals surface area contributed by atoms with Crippen LogP contribution in [0.2, 0.25) is 0 Å². The molecule has 3 fully saturated rings. The number of hydrogen-bond donors (Lipinski definition) is 1. The van der Waals surface area contributed by atoms with Crippen LogP contribution in [0.1, 0.15) is 77.0 Å². The molecule has 3 aliphatic rings. The first-order chi connectivity index (χ1) is 9.74. The molecule has 0 aliphatic heterocycles. The molecule has 3 aliphatic carbocycles. The van der Waals surface area contributed by atoms with E-state index in [4.69, 9.17) is 5.73 Å². The SMILES string of the molecule is CN(C1CCC2(CCCC2)CC1)C1CCCCC1CN. The van der Waals surface area contributed by atoms with Gasteiger partial charge in [0.2, 0.25) is 0 Å². The predicted octanol–water partition coefficient (Wildman–Crippen LogP) is 3.94. The van der Waals surface area contributed by atoms with Crippen molar-refractivity contribution in [2.75, 3.05) is 13.6 Å². The van der Waals surface area contributed by atoms with Gasteiger partial charge in [0, 0.05) is 12.1 Å². The van der Waals surface area contributed by atoms with Gasteiger partial charge in [0.05, 0.1) is 0 Å². The quantitative estimate of drug-likeness (QED) is 0.847. The molecule has 2 heteroatoms. The Morgan fingerprint density at radius 2 is 1.55 bits per heavy atom. The van der Waals surface area contributed by atoms with Crippen molar-refractivity contribution in [3.05, 3.63) is 0 Å². The molecule has 0 aromatic heterocycles. The fraction of sp³-hybridized carbons (Fsp3) is 1.00. The molecular weight excluding hydrogens is 244 g/mol. The summed E-state index contributed by atoms with van der Waals surface area (Å²) in [5.74, 6) is 0.760. The average Bonchev–Trinajstić information content (AvgIpc) is 2.95. The Balaban J connectivity index is 1.56. The summed E-state index contributed by atoms with van der Waals surface area (Å²) in [6.45, 7) is 0.895. The molecule has 0 amide bonds. The molecule has 0 aromatic rings.